The largest absolute Gasteiger partial charge is 0.480 e. The summed E-state index contributed by atoms with van der Waals surface area (Å²) in [5.74, 6) is -6.05. The van der Waals surface area contributed by atoms with Gasteiger partial charge in [-0.3, -0.25) is 0 Å². The van der Waals surface area contributed by atoms with Gasteiger partial charge in [0.05, 0.1) is 0 Å². The number of hydrogen-bond acceptors (Lipinski definition) is 3. The van der Waals surface area contributed by atoms with Gasteiger partial charge in [-0.25, -0.2) is 18.0 Å². The van der Waals surface area contributed by atoms with Crippen LogP contribution >= 0.6 is 0 Å². The lowest BCUT2D eigenvalue weighted by atomic mass is 9.97. The maximum absolute atomic E-state index is 15.6. The molecule has 1 atom stereocenters. The molecule has 30 heavy (non-hydrogen) atoms. The average Bonchev–Trinajstić information content (AvgIpc) is 2.72. The fourth-order valence-electron chi connectivity index (χ4n) is 2.94. The highest BCUT2D eigenvalue weighted by atomic mass is 19.2. The molecule has 3 aromatic rings. The van der Waals surface area contributed by atoms with Crippen molar-refractivity contribution < 1.29 is 32.3 Å². The molecule has 0 fully saturated rings. The van der Waals surface area contributed by atoms with E-state index in [9.17, 15) is 13.6 Å². The van der Waals surface area contributed by atoms with E-state index in [1.807, 2.05) is 0 Å². The Morgan fingerprint density at radius 3 is 2.43 bits per heavy atom. The molecule has 0 amide bonds. The van der Waals surface area contributed by atoms with Crippen LogP contribution in [-0.4, -0.2) is 17.7 Å². The summed E-state index contributed by atoms with van der Waals surface area (Å²) in [5.41, 5.74) is -0.389. The highest BCUT2D eigenvalue weighted by Gasteiger charge is 2.39. The van der Waals surface area contributed by atoms with Gasteiger partial charge < -0.3 is 9.84 Å². The molecule has 0 heterocycles. The lowest BCUT2D eigenvalue weighted by molar-refractivity contribution is -0.139. The van der Waals surface area contributed by atoms with Crippen molar-refractivity contribution in [3.8, 4) is 16.9 Å². The van der Waals surface area contributed by atoms with Gasteiger partial charge in [-0.2, -0.15) is 5.12 Å². The average molecular weight is 419 g/mol. The molecular weight excluding hydrogens is 402 g/mol. The van der Waals surface area contributed by atoms with Gasteiger partial charge in [0.15, 0.2) is 6.61 Å². The molecule has 0 bridgehead atoms. The number of ether oxygens (including phenoxy) is 1. The third kappa shape index (κ3) is 4.37. The molecule has 1 N–H and O–H groups in total. The molecule has 0 aliphatic carbocycles. The molecule has 0 aliphatic rings. The van der Waals surface area contributed by atoms with Crippen LogP contribution in [0.5, 0.6) is 5.75 Å². The monoisotopic (exact) mass is 419 g/mol. The highest BCUT2D eigenvalue weighted by molar-refractivity contribution is 5.69. The van der Waals surface area contributed by atoms with Crippen molar-refractivity contribution in [3.05, 3.63) is 83.9 Å². The summed E-state index contributed by atoms with van der Waals surface area (Å²) in [5, 5.41) is 8.42. The Hall–Kier alpha value is -3.55. The van der Waals surface area contributed by atoms with Gasteiger partial charge in [0, 0.05) is 5.56 Å². The predicted molar refractivity (Wildman–Crippen MR) is 103 cm³/mol. The molecule has 3 rings (SSSR count). The SMILES string of the molecule is CC(F)(c1cc(-c2cccc(F)c2)ccc1F)N(F)c1ccccc1OCC(=O)O. The van der Waals surface area contributed by atoms with E-state index in [0.717, 1.165) is 19.1 Å². The molecule has 0 aromatic heterocycles. The van der Waals surface area contributed by atoms with E-state index in [0.29, 0.717) is 11.1 Å². The fourth-order valence-corrected chi connectivity index (χ4v) is 2.94. The summed E-state index contributed by atoms with van der Waals surface area (Å²) >= 11 is 0. The quantitative estimate of drug-likeness (QED) is 0.306. The maximum atomic E-state index is 15.6. The third-order valence-electron chi connectivity index (χ3n) is 4.41. The normalized spacial score (nSPS) is 12.8. The van der Waals surface area contributed by atoms with Crippen LogP contribution in [0.3, 0.4) is 0 Å². The number of alkyl halides is 1. The van der Waals surface area contributed by atoms with Gasteiger partial charge in [-0.15, -0.1) is 0 Å². The van der Waals surface area contributed by atoms with Crippen molar-refractivity contribution in [1.29, 1.82) is 0 Å². The smallest absolute Gasteiger partial charge is 0.341 e. The maximum Gasteiger partial charge on any atom is 0.341 e. The van der Waals surface area contributed by atoms with Gasteiger partial charge in [-0.1, -0.05) is 34.8 Å². The van der Waals surface area contributed by atoms with E-state index < -0.39 is 41.3 Å². The summed E-state index contributed by atoms with van der Waals surface area (Å²) < 4.78 is 63.7. The molecule has 156 valence electrons. The van der Waals surface area contributed by atoms with E-state index in [2.05, 4.69) is 0 Å². The lowest BCUT2D eigenvalue weighted by Gasteiger charge is -2.30. The van der Waals surface area contributed by atoms with Crippen LogP contribution in [0.1, 0.15) is 12.5 Å². The Labute approximate surface area is 169 Å². The Morgan fingerprint density at radius 1 is 1.03 bits per heavy atom. The second kappa shape index (κ2) is 8.44. The number of anilines is 1. The number of carboxylic acids is 1. The number of hydrogen-bond donors (Lipinski definition) is 1. The number of aliphatic carboxylic acids is 1. The fraction of sp³-hybridized carbons (Fsp3) is 0.136. The number of halogens is 4. The second-order valence-electron chi connectivity index (χ2n) is 6.59. The Kier molecular flexibility index (Phi) is 5.96. The van der Waals surface area contributed by atoms with E-state index in [1.54, 1.807) is 6.07 Å². The van der Waals surface area contributed by atoms with Crippen LogP contribution in [0.2, 0.25) is 0 Å². The van der Waals surface area contributed by atoms with Crippen molar-refractivity contribution in [3.63, 3.8) is 0 Å². The van der Waals surface area contributed by atoms with E-state index in [-0.39, 0.29) is 10.9 Å². The van der Waals surface area contributed by atoms with Crippen molar-refractivity contribution >= 4 is 11.7 Å². The Balaban J connectivity index is 2.01. The molecule has 0 saturated heterocycles. The number of benzene rings is 3. The minimum atomic E-state index is -2.99. The second-order valence-corrected chi connectivity index (χ2v) is 6.59. The van der Waals surface area contributed by atoms with Crippen molar-refractivity contribution in [2.24, 2.45) is 0 Å². The first-order valence-electron chi connectivity index (χ1n) is 8.84. The molecule has 3 aromatic carbocycles. The molecule has 1 unspecified atom stereocenters. The molecular formula is C22H17F4NO3. The summed E-state index contributed by atoms with van der Waals surface area (Å²) in [7, 11) is 0. The van der Waals surface area contributed by atoms with Gasteiger partial charge >= 0.3 is 5.97 Å². The van der Waals surface area contributed by atoms with Crippen LogP contribution in [0.15, 0.2) is 66.7 Å². The Morgan fingerprint density at radius 2 is 1.73 bits per heavy atom. The zero-order chi connectivity index (χ0) is 21.9. The standard InChI is InChI=1S/C22H17F4NO3/c1-22(25,27(26)19-7-2-3-8-20(19)30-13-21(28)29)17-12-15(9-10-18(17)24)14-5-4-6-16(23)11-14/h2-12H,13H2,1H3,(H,28,29). The summed E-state index contributed by atoms with van der Waals surface area (Å²) in [6.07, 6.45) is 0. The predicted octanol–water partition coefficient (Wildman–Crippen LogP) is 5.63. The van der Waals surface area contributed by atoms with Crippen LogP contribution in [0, 0.1) is 11.6 Å². The number of para-hydroxylation sites is 2. The minimum absolute atomic E-state index is 0.229. The first-order chi connectivity index (χ1) is 14.2. The Bertz CT molecular complexity index is 1070. The molecule has 0 saturated carbocycles. The van der Waals surface area contributed by atoms with E-state index in [1.165, 1.54) is 48.5 Å². The minimum Gasteiger partial charge on any atom is -0.480 e. The van der Waals surface area contributed by atoms with Gasteiger partial charge in [0.2, 0.25) is 5.79 Å². The lowest BCUT2D eigenvalue weighted by Crippen LogP contribution is -2.35. The summed E-state index contributed by atoms with van der Waals surface area (Å²) in [6.45, 7) is 0.0476. The third-order valence-corrected chi connectivity index (χ3v) is 4.41. The number of carbonyl (C=O) groups is 1. The van der Waals surface area contributed by atoms with E-state index >= 15 is 8.87 Å². The number of rotatable bonds is 7. The molecule has 8 heteroatoms. The first kappa shape index (κ1) is 21.2. The zero-order valence-electron chi connectivity index (χ0n) is 15.8. The van der Waals surface area contributed by atoms with Crippen LogP contribution in [-0.2, 0) is 10.6 Å². The first-order valence-corrected chi connectivity index (χ1v) is 8.84. The van der Waals surface area contributed by atoms with Gasteiger partial charge in [0.1, 0.15) is 23.1 Å². The molecule has 4 nitrogen and oxygen atoms in total. The van der Waals surface area contributed by atoms with Crippen LogP contribution in [0.25, 0.3) is 11.1 Å². The van der Waals surface area contributed by atoms with E-state index in [4.69, 9.17) is 9.84 Å². The molecule has 0 radical (unpaired) electrons. The molecule has 0 spiro atoms. The van der Waals surface area contributed by atoms with Gasteiger partial charge in [0.25, 0.3) is 0 Å². The number of nitrogens with zero attached hydrogens (tertiary/aromatic N) is 1. The highest BCUT2D eigenvalue weighted by Crippen LogP contribution is 2.41. The summed E-state index contributed by atoms with van der Waals surface area (Å²) in [6, 6.07) is 14.1. The van der Waals surface area contributed by atoms with Crippen LogP contribution < -0.4 is 9.86 Å². The number of carboxylic acid groups (broad SMARTS) is 1. The van der Waals surface area contributed by atoms with Crippen molar-refractivity contribution in [2.45, 2.75) is 12.7 Å². The van der Waals surface area contributed by atoms with Crippen LogP contribution in [0.4, 0.5) is 23.3 Å². The molecule has 0 aliphatic heterocycles. The summed E-state index contributed by atoms with van der Waals surface area (Å²) in [4.78, 5) is 10.7. The van der Waals surface area contributed by atoms with Crippen molar-refractivity contribution in [1.82, 2.24) is 0 Å². The zero-order valence-corrected chi connectivity index (χ0v) is 15.8. The topological polar surface area (TPSA) is 49.8 Å². The van der Waals surface area contributed by atoms with Crippen molar-refractivity contribution in [2.75, 3.05) is 11.7 Å². The van der Waals surface area contributed by atoms with Gasteiger partial charge in [-0.05, 0) is 54.4 Å².